The summed E-state index contributed by atoms with van der Waals surface area (Å²) < 4.78 is 3.96. The lowest BCUT2D eigenvalue weighted by atomic mass is 10.3. The normalized spacial score (nSPS) is 11.7. The van der Waals surface area contributed by atoms with Crippen LogP contribution in [0.3, 0.4) is 0 Å². The molecule has 0 spiro atoms. The smallest absolute Gasteiger partial charge is 0.268 e. The lowest BCUT2D eigenvalue weighted by Crippen LogP contribution is -2.27. The molecule has 35 heavy (non-hydrogen) atoms. The SMILES string of the molecule is CCN(CC)CCn1c(NC(=O)c2cc3c(C)nn(-c4ccc(Cl)cc4)c3s2)nc2ccccc21. The van der Waals surface area contributed by atoms with Crippen LogP contribution in [0.4, 0.5) is 5.95 Å². The van der Waals surface area contributed by atoms with Crippen LogP contribution in [0.1, 0.15) is 29.2 Å². The molecule has 0 unspecified atom stereocenters. The Hall–Kier alpha value is -3.20. The van der Waals surface area contributed by atoms with E-state index in [0.717, 1.165) is 58.8 Å². The monoisotopic (exact) mass is 506 g/mol. The van der Waals surface area contributed by atoms with Crippen LogP contribution >= 0.6 is 22.9 Å². The van der Waals surface area contributed by atoms with Gasteiger partial charge in [-0.1, -0.05) is 37.6 Å². The van der Waals surface area contributed by atoms with E-state index >= 15 is 0 Å². The lowest BCUT2D eigenvalue weighted by Gasteiger charge is -2.19. The Morgan fingerprint density at radius 1 is 1.11 bits per heavy atom. The summed E-state index contributed by atoms with van der Waals surface area (Å²) in [7, 11) is 0. The summed E-state index contributed by atoms with van der Waals surface area (Å²) in [5, 5.41) is 9.37. The maximum atomic E-state index is 13.4. The Balaban J connectivity index is 1.46. The van der Waals surface area contributed by atoms with Gasteiger partial charge in [-0.15, -0.1) is 11.3 Å². The predicted molar refractivity (Wildman–Crippen MR) is 144 cm³/mol. The van der Waals surface area contributed by atoms with Crippen LogP contribution in [0.5, 0.6) is 0 Å². The minimum atomic E-state index is -0.173. The van der Waals surface area contributed by atoms with Crippen molar-refractivity contribution in [3.05, 3.63) is 70.2 Å². The van der Waals surface area contributed by atoms with E-state index in [1.165, 1.54) is 11.3 Å². The number of carbonyl (C=O) groups is 1. The fraction of sp³-hybridized carbons (Fsp3) is 0.269. The zero-order valence-electron chi connectivity index (χ0n) is 20.0. The molecule has 3 aromatic heterocycles. The first-order valence-electron chi connectivity index (χ1n) is 11.7. The molecule has 0 aliphatic carbocycles. The molecule has 5 rings (SSSR count). The third-order valence-electron chi connectivity index (χ3n) is 6.25. The molecule has 180 valence electrons. The quantitative estimate of drug-likeness (QED) is 0.280. The topological polar surface area (TPSA) is 68.0 Å². The van der Waals surface area contributed by atoms with Crippen molar-refractivity contribution in [2.45, 2.75) is 27.3 Å². The Morgan fingerprint density at radius 2 is 1.86 bits per heavy atom. The zero-order valence-corrected chi connectivity index (χ0v) is 21.5. The Morgan fingerprint density at radius 3 is 2.60 bits per heavy atom. The van der Waals surface area contributed by atoms with Gasteiger partial charge in [0, 0.05) is 23.5 Å². The van der Waals surface area contributed by atoms with Crippen LogP contribution < -0.4 is 5.32 Å². The molecular weight excluding hydrogens is 480 g/mol. The molecule has 0 bridgehead atoms. The van der Waals surface area contributed by atoms with Crippen molar-refractivity contribution in [1.82, 2.24) is 24.2 Å². The molecule has 0 aliphatic rings. The summed E-state index contributed by atoms with van der Waals surface area (Å²) in [6, 6.07) is 17.4. The first-order valence-corrected chi connectivity index (χ1v) is 12.9. The van der Waals surface area contributed by atoms with E-state index in [-0.39, 0.29) is 5.91 Å². The number of likely N-dealkylation sites (N-methyl/N-ethyl adjacent to an activating group) is 1. The van der Waals surface area contributed by atoms with Gasteiger partial charge in [0.2, 0.25) is 5.95 Å². The molecule has 7 nitrogen and oxygen atoms in total. The van der Waals surface area contributed by atoms with E-state index in [1.807, 2.05) is 66.2 Å². The molecule has 0 radical (unpaired) electrons. The van der Waals surface area contributed by atoms with Crippen LogP contribution in [-0.2, 0) is 6.54 Å². The molecule has 0 saturated carbocycles. The van der Waals surface area contributed by atoms with Gasteiger partial charge in [-0.25, -0.2) is 9.67 Å². The number of rotatable bonds is 8. The van der Waals surface area contributed by atoms with Gasteiger partial charge in [-0.3, -0.25) is 10.1 Å². The van der Waals surface area contributed by atoms with Crippen molar-refractivity contribution in [3.63, 3.8) is 0 Å². The fourth-order valence-electron chi connectivity index (χ4n) is 4.26. The first kappa shape index (κ1) is 23.5. The van der Waals surface area contributed by atoms with E-state index in [1.54, 1.807) is 0 Å². The van der Waals surface area contributed by atoms with Crippen molar-refractivity contribution in [2.75, 3.05) is 25.0 Å². The van der Waals surface area contributed by atoms with E-state index in [4.69, 9.17) is 16.6 Å². The highest BCUT2D eigenvalue weighted by Crippen LogP contribution is 2.31. The average molecular weight is 507 g/mol. The Kier molecular flexibility index (Phi) is 6.60. The van der Waals surface area contributed by atoms with Crippen molar-refractivity contribution in [2.24, 2.45) is 0 Å². The van der Waals surface area contributed by atoms with Crippen LogP contribution in [0.2, 0.25) is 5.02 Å². The maximum Gasteiger partial charge on any atom is 0.268 e. The highest BCUT2D eigenvalue weighted by Gasteiger charge is 2.20. The van der Waals surface area contributed by atoms with E-state index in [0.29, 0.717) is 15.8 Å². The van der Waals surface area contributed by atoms with Gasteiger partial charge in [0.05, 0.1) is 27.3 Å². The van der Waals surface area contributed by atoms with Gasteiger partial charge in [-0.05, 0) is 62.5 Å². The molecule has 5 aromatic rings. The number of carbonyl (C=O) groups excluding carboxylic acids is 1. The van der Waals surface area contributed by atoms with Gasteiger partial charge in [0.25, 0.3) is 5.91 Å². The lowest BCUT2D eigenvalue weighted by molar-refractivity contribution is 0.102. The van der Waals surface area contributed by atoms with Gasteiger partial charge in [0.1, 0.15) is 4.83 Å². The number of benzene rings is 2. The number of fused-ring (bicyclic) bond motifs is 2. The van der Waals surface area contributed by atoms with E-state index < -0.39 is 0 Å². The standard InChI is InChI=1S/C26H27ClN6OS/c1-4-31(5-2)14-15-32-22-9-7-6-8-21(22)28-26(32)29-24(34)23-16-20-17(3)30-33(25(20)35-23)19-12-10-18(27)11-13-19/h6-13,16H,4-5,14-15H2,1-3H3,(H,28,29,34). The average Bonchev–Trinajstić information content (AvgIpc) is 3.53. The second kappa shape index (κ2) is 9.81. The number of thiophene rings is 1. The second-order valence-electron chi connectivity index (χ2n) is 8.36. The van der Waals surface area contributed by atoms with Crippen LogP contribution in [0, 0.1) is 6.92 Å². The largest absolute Gasteiger partial charge is 0.309 e. The molecule has 0 saturated heterocycles. The number of amides is 1. The minimum Gasteiger partial charge on any atom is -0.309 e. The number of para-hydroxylation sites is 2. The number of aromatic nitrogens is 4. The number of hydrogen-bond acceptors (Lipinski definition) is 5. The Bertz CT molecular complexity index is 1500. The van der Waals surface area contributed by atoms with Crippen molar-refractivity contribution in [1.29, 1.82) is 0 Å². The number of anilines is 1. The molecule has 9 heteroatoms. The number of hydrogen-bond donors (Lipinski definition) is 1. The van der Waals surface area contributed by atoms with Crippen molar-refractivity contribution >= 4 is 56.0 Å². The molecule has 1 N–H and O–H groups in total. The van der Waals surface area contributed by atoms with Gasteiger partial charge >= 0.3 is 0 Å². The van der Waals surface area contributed by atoms with E-state index in [9.17, 15) is 4.79 Å². The number of imidazole rings is 1. The molecule has 0 atom stereocenters. The number of aryl methyl sites for hydroxylation is 1. The van der Waals surface area contributed by atoms with Crippen LogP contribution in [0.25, 0.3) is 26.9 Å². The first-order chi connectivity index (χ1) is 17.0. The molecule has 2 aromatic carbocycles. The van der Waals surface area contributed by atoms with E-state index in [2.05, 4.69) is 33.7 Å². The highest BCUT2D eigenvalue weighted by atomic mass is 35.5. The summed E-state index contributed by atoms with van der Waals surface area (Å²) in [5.41, 5.74) is 3.66. The molecular formula is C26H27ClN6OS. The summed E-state index contributed by atoms with van der Waals surface area (Å²) in [5.74, 6) is 0.393. The second-order valence-corrected chi connectivity index (χ2v) is 9.83. The van der Waals surface area contributed by atoms with Gasteiger partial charge < -0.3 is 9.47 Å². The van der Waals surface area contributed by atoms with Crippen molar-refractivity contribution in [3.8, 4) is 5.69 Å². The number of nitrogens with zero attached hydrogens (tertiary/aromatic N) is 5. The van der Waals surface area contributed by atoms with Crippen LogP contribution in [-0.4, -0.2) is 49.8 Å². The summed E-state index contributed by atoms with van der Waals surface area (Å²) in [6.45, 7) is 9.87. The number of nitrogens with one attached hydrogen (secondary N) is 1. The van der Waals surface area contributed by atoms with Crippen molar-refractivity contribution < 1.29 is 4.79 Å². The summed E-state index contributed by atoms with van der Waals surface area (Å²) in [6.07, 6.45) is 0. The third-order valence-corrected chi connectivity index (χ3v) is 7.62. The zero-order chi connectivity index (χ0) is 24.5. The molecule has 1 amide bonds. The van der Waals surface area contributed by atoms with Gasteiger partial charge in [0.15, 0.2) is 0 Å². The summed E-state index contributed by atoms with van der Waals surface area (Å²) in [4.78, 5) is 22.0. The minimum absolute atomic E-state index is 0.173. The molecule has 0 fully saturated rings. The van der Waals surface area contributed by atoms with Gasteiger partial charge in [-0.2, -0.15) is 5.10 Å². The van der Waals surface area contributed by atoms with Crippen LogP contribution in [0.15, 0.2) is 54.6 Å². The molecule has 0 aliphatic heterocycles. The highest BCUT2D eigenvalue weighted by molar-refractivity contribution is 7.20. The number of halogens is 1. The Labute approximate surface area is 212 Å². The maximum absolute atomic E-state index is 13.4. The fourth-order valence-corrected chi connectivity index (χ4v) is 5.46. The molecule has 3 heterocycles. The summed E-state index contributed by atoms with van der Waals surface area (Å²) >= 11 is 7.47. The predicted octanol–water partition coefficient (Wildman–Crippen LogP) is 5.99. The third kappa shape index (κ3) is 4.57.